The minimum Gasteiger partial charge on any atom is -0.493 e. The number of fused-ring (bicyclic) bond motifs is 1. The van der Waals surface area contributed by atoms with E-state index in [4.69, 9.17) is 9.47 Å². The Labute approximate surface area is 145 Å². The average Bonchev–Trinajstić information content (AvgIpc) is 2.58. The minimum absolute atomic E-state index is 0.166. The molecule has 3 rings (SSSR count). The van der Waals surface area contributed by atoms with Crippen LogP contribution in [0.4, 0.5) is 5.82 Å². The summed E-state index contributed by atoms with van der Waals surface area (Å²) in [6.45, 7) is 4.30. The van der Waals surface area contributed by atoms with Crippen LogP contribution in [0.1, 0.15) is 42.6 Å². The van der Waals surface area contributed by atoms with E-state index in [1.54, 1.807) is 14.0 Å². The van der Waals surface area contributed by atoms with E-state index in [0.29, 0.717) is 35.3 Å². The summed E-state index contributed by atoms with van der Waals surface area (Å²) in [6.07, 6.45) is 1.07. The lowest BCUT2D eigenvalue weighted by Crippen LogP contribution is -2.31. The number of benzene rings is 1. The van der Waals surface area contributed by atoms with Crippen LogP contribution < -0.4 is 20.3 Å². The zero-order valence-electron chi connectivity index (χ0n) is 14.5. The number of aromatic nitrogens is 2. The highest BCUT2D eigenvalue weighted by Crippen LogP contribution is 2.37. The van der Waals surface area contributed by atoms with Crippen LogP contribution in [0.3, 0.4) is 0 Å². The summed E-state index contributed by atoms with van der Waals surface area (Å²) >= 11 is 0. The number of H-pyrrole nitrogens is 1. The fraction of sp³-hybridized carbons (Fsp3) is 0.389. The lowest BCUT2D eigenvalue weighted by Gasteiger charge is -2.25. The lowest BCUT2D eigenvalue weighted by molar-refractivity contribution is -0.116. The zero-order valence-corrected chi connectivity index (χ0v) is 14.5. The third kappa shape index (κ3) is 3.35. The van der Waals surface area contributed by atoms with Crippen LogP contribution in [0, 0.1) is 6.92 Å². The molecular formula is C18H21N3O4. The van der Waals surface area contributed by atoms with Gasteiger partial charge in [-0.25, -0.2) is 4.98 Å². The van der Waals surface area contributed by atoms with Crippen LogP contribution in [0.25, 0.3) is 0 Å². The molecule has 1 aromatic heterocycles. The first-order valence-electron chi connectivity index (χ1n) is 8.24. The monoisotopic (exact) mass is 343 g/mol. The van der Waals surface area contributed by atoms with Gasteiger partial charge in [0.05, 0.1) is 19.3 Å². The highest BCUT2D eigenvalue weighted by Gasteiger charge is 2.31. The van der Waals surface area contributed by atoms with E-state index in [9.17, 15) is 9.59 Å². The standard InChI is InChI=1S/C18H21N3O4/c1-4-7-25-13-6-5-11(8-14(13)24-3)12-9-15(22)21-17-16(12)18(23)20-10(2)19-17/h5-6,8,12H,4,7,9H2,1-3H3,(H2,19,20,21,22,23)/t12-/m1/s1. The maximum atomic E-state index is 12.4. The van der Waals surface area contributed by atoms with Gasteiger partial charge in [-0.05, 0) is 31.0 Å². The molecule has 0 bridgehead atoms. The Morgan fingerprint density at radius 1 is 1.28 bits per heavy atom. The molecule has 2 heterocycles. The van der Waals surface area contributed by atoms with E-state index in [1.165, 1.54) is 0 Å². The van der Waals surface area contributed by atoms with Crippen molar-refractivity contribution in [2.24, 2.45) is 0 Å². The summed E-state index contributed by atoms with van der Waals surface area (Å²) < 4.78 is 11.1. The number of methoxy groups -OCH3 is 1. The minimum atomic E-state index is -0.380. The quantitative estimate of drug-likeness (QED) is 0.869. The second-order valence-corrected chi connectivity index (χ2v) is 5.98. The maximum Gasteiger partial charge on any atom is 0.256 e. The predicted molar refractivity (Wildman–Crippen MR) is 93.5 cm³/mol. The summed E-state index contributed by atoms with van der Waals surface area (Å²) in [6, 6.07) is 5.49. The Kier molecular flexibility index (Phi) is 4.74. The van der Waals surface area contributed by atoms with Crippen LogP contribution in [0.15, 0.2) is 23.0 Å². The van der Waals surface area contributed by atoms with Gasteiger partial charge in [0.15, 0.2) is 11.5 Å². The topological polar surface area (TPSA) is 93.3 Å². The summed E-state index contributed by atoms with van der Waals surface area (Å²) in [5.41, 5.74) is 1.04. The number of aromatic amines is 1. The van der Waals surface area contributed by atoms with Gasteiger partial charge in [-0.2, -0.15) is 0 Å². The SMILES string of the molecule is CCCOc1ccc([C@H]2CC(=O)Nc3nc(C)[nH]c(=O)c32)cc1OC. The number of aryl methyl sites for hydroxylation is 1. The van der Waals surface area contributed by atoms with E-state index in [2.05, 4.69) is 15.3 Å². The van der Waals surface area contributed by atoms with Gasteiger partial charge >= 0.3 is 0 Å². The molecule has 1 aliphatic heterocycles. The van der Waals surface area contributed by atoms with Crippen molar-refractivity contribution < 1.29 is 14.3 Å². The van der Waals surface area contributed by atoms with E-state index in [-0.39, 0.29) is 23.8 Å². The second kappa shape index (κ2) is 6.96. The number of anilines is 1. The van der Waals surface area contributed by atoms with Gasteiger partial charge in [-0.15, -0.1) is 0 Å². The summed E-state index contributed by atoms with van der Waals surface area (Å²) in [7, 11) is 1.57. The number of nitrogens with one attached hydrogen (secondary N) is 2. The molecule has 1 atom stereocenters. The molecule has 0 spiro atoms. The first kappa shape index (κ1) is 17.0. The highest BCUT2D eigenvalue weighted by atomic mass is 16.5. The number of carbonyl (C=O) groups is 1. The molecule has 1 amide bonds. The van der Waals surface area contributed by atoms with Crippen molar-refractivity contribution in [1.29, 1.82) is 0 Å². The molecule has 7 heteroatoms. The Balaban J connectivity index is 2.05. The molecule has 0 unspecified atom stereocenters. The summed E-state index contributed by atoms with van der Waals surface area (Å²) in [5.74, 6) is 1.47. The highest BCUT2D eigenvalue weighted by molar-refractivity contribution is 5.94. The molecule has 0 fully saturated rings. The number of carbonyl (C=O) groups excluding carboxylic acids is 1. The third-order valence-electron chi connectivity index (χ3n) is 4.12. The smallest absolute Gasteiger partial charge is 0.256 e. The maximum absolute atomic E-state index is 12.4. The fourth-order valence-electron chi connectivity index (χ4n) is 3.00. The van der Waals surface area contributed by atoms with Gasteiger partial charge in [0.1, 0.15) is 11.6 Å². The average molecular weight is 343 g/mol. The van der Waals surface area contributed by atoms with Crippen LogP contribution >= 0.6 is 0 Å². The molecule has 132 valence electrons. The van der Waals surface area contributed by atoms with Gasteiger partial charge in [0, 0.05) is 12.3 Å². The zero-order chi connectivity index (χ0) is 18.0. The van der Waals surface area contributed by atoms with E-state index in [1.807, 2.05) is 25.1 Å². The fourth-order valence-corrected chi connectivity index (χ4v) is 3.00. The number of nitrogens with zero attached hydrogens (tertiary/aromatic N) is 1. The summed E-state index contributed by atoms with van der Waals surface area (Å²) in [5, 5.41) is 2.68. The van der Waals surface area contributed by atoms with Crippen molar-refractivity contribution >= 4 is 11.7 Å². The van der Waals surface area contributed by atoms with Gasteiger partial charge in [-0.1, -0.05) is 13.0 Å². The van der Waals surface area contributed by atoms with Crippen molar-refractivity contribution in [2.75, 3.05) is 19.0 Å². The Hall–Kier alpha value is -2.83. The molecular weight excluding hydrogens is 322 g/mol. The third-order valence-corrected chi connectivity index (χ3v) is 4.12. The largest absolute Gasteiger partial charge is 0.493 e. The molecule has 7 nitrogen and oxygen atoms in total. The molecule has 0 radical (unpaired) electrons. The Morgan fingerprint density at radius 3 is 2.80 bits per heavy atom. The molecule has 1 aliphatic rings. The second-order valence-electron chi connectivity index (χ2n) is 5.98. The van der Waals surface area contributed by atoms with Gasteiger partial charge < -0.3 is 19.8 Å². The lowest BCUT2D eigenvalue weighted by atomic mass is 9.86. The van der Waals surface area contributed by atoms with E-state index >= 15 is 0 Å². The Bertz CT molecular complexity index is 860. The predicted octanol–water partition coefficient (Wildman–Crippen LogP) is 2.35. The van der Waals surface area contributed by atoms with E-state index in [0.717, 1.165) is 12.0 Å². The summed E-state index contributed by atoms with van der Waals surface area (Å²) in [4.78, 5) is 31.5. The number of hydrogen-bond acceptors (Lipinski definition) is 5. The van der Waals surface area contributed by atoms with Gasteiger partial charge in [0.25, 0.3) is 5.56 Å². The van der Waals surface area contributed by atoms with Crippen LogP contribution in [0.5, 0.6) is 11.5 Å². The van der Waals surface area contributed by atoms with Crippen LogP contribution in [-0.2, 0) is 4.79 Å². The molecule has 2 N–H and O–H groups in total. The number of amides is 1. The van der Waals surface area contributed by atoms with Gasteiger partial charge in [0.2, 0.25) is 5.91 Å². The van der Waals surface area contributed by atoms with Crippen LogP contribution in [0.2, 0.25) is 0 Å². The molecule has 0 aliphatic carbocycles. The Morgan fingerprint density at radius 2 is 2.08 bits per heavy atom. The van der Waals surface area contributed by atoms with Crippen molar-refractivity contribution in [3.05, 3.63) is 45.5 Å². The molecule has 2 aromatic rings. The number of hydrogen-bond donors (Lipinski definition) is 2. The molecule has 25 heavy (non-hydrogen) atoms. The van der Waals surface area contributed by atoms with Crippen molar-refractivity contribution in [1.82, 2.24) is 9.97 Å². The van der Waals surface area contributed by atoms with Gasteiger partial charge in [-0.3, -0.25) is 9.59 Å². The van der Waals surface area contributed by atoms with E-state index < -0.39 is 0 Å². The van der Waals surface area contributed by atoms with Crippen molar-refractivity contribution in [2.45, 2.75) is 32.6 Å². The number of rotatable bonds is 5. The first-order valence-corrected chi connectivity index (χ1v) is 8.24. The molecule has 1 aromatic carbocycles. The van der Waals surface area contributed by atoms with Crippen LogP contribution in [-0.4, -0.2) is 29.6 Å². The first-order chi connectivity index (χ1) is 12.0. The normalized spacial score (nSPS) is 16.1. The molecule has 0 saturated carbocycles. The van der Waals surface area contributed by atoms with Crippen molar-refractivity contribution in [3.63, 3.8) is 0 Å². The molecule has 0 saturated heterocycles. The number of ether oxygens (including phenoxy) is 2. The van der Waals surface area contributed by atoms with Crippen molar-refractivity contribution in [3.8, 4) is 11.5 Å².